The molecule has 82 valence electrons. The van der Waals surface area contributed by atoms with Crippen molar-refractivity contribution in [3.8, 4) is 17.2 Å². The molecule has 15 heavy (non-hydrogen) atoms. The van der Waals surface area contributed by atoms with Crippen molar-refractivity contribution >= 4 is 5.97 Å². The smallest absolute Gasteiger partial charge is 0.328 e. The van der Waals surface area contributed by atoms with Gasteiger partial charge in [-0.3, -0.25) is 0 Å². The number of phenolic OH excluding ortho intramolecular Hbond substituents is 3. The fourth-order valence-corrected chi connectivity index (χ4v) is 1.03. The van der Waals surface area contributed by atoms with Crippen LogP contribution in [0.15, 0.2) is 12.1 Å². The zero-order valence-electron chi connectivity index (χ0n) is 7.93. The monoisotopic (exact) mass is 213 g/mol. The third-order valence-corrected chi connectivity index (χ3v) is 2.11. The Morgan fingerprint density at radius 3 is 2.00 bits per heavy atom. The summed E-state index contributed by atoms with van der Waals surface area (Å²) in [4.78, 5) is 10.8. The Bertz CT molecular complexity index is 390. The molecule has 6 heteroatoms. The van der Waals surface area contributed by atoms with Crippen LogP contribution >= 0.6 is 0 Å². The quantitative estimate of drug-likeness (QED) is 0.442. The van der Waals surface area contributed by atoms with Crippen LogP contribution in [0.5, 0.6) is 17.2 Å². The topological polar surface area (TPSA) is 124 Å². The minimum Gasteiger partial charge on any atom is -0.504 e. The fourth-order valence-electron chi connectivity index (χ4n) is 1.03. The lowest BCUT2D eigenvalue weighted by Gasteiger charge is -2.20. The zero-order valence-corrected chi connectivity index (χ0v) is 7.93. The normalized spacial score (nSPS) is 14.5. The molecule has 1 atom stereocenters. The van der Waals surface area contributed by atoms with Crippen molar-refractivity contribution in [3.05, 3.63) is 17.7 Å². The molecule has 0 aliphatic carbocycles. The Kier molecular flexibility index (Phi) is 2.46. The molecular formula is C9H11NO5. The summed E-state index contributed by atoms with van der Waals surface area (Å²) in [7, 11) is 0. The SMILES string of the molecule is CC(N)(C(=O)O)c1cc(O)c(O)c(O)c1. The predicted octanol–water partition coefficient (Wildman–Crippen LogP) is 0.0619. The van der Waals surface area contributed by atoms with Gasteiger partial charge in [0.25, 0.3) is 0 Å². The third kappa shape index (κ3) is 1.79. The lowest BCUT2D eigenvalue weighted by molar-refractivity contribution is -0.143. The maximum atomic E-state index is 10.8. The first-order valence-electron chi connectivity index (χ1n) is 4.04. The predicted molar refractivity (Wildman–Crippen MR) is 50.6 cm³/mol. The van der Waals surface area contributed by atoms with Crippen LogP contribution < -0.4 is 5.73 Å². The molecule has 0 amide bonds. The van der Waals surface area contributed by atoms with Gasteiger partial charge in [-0.25, -0.2) is 4.79 Å². The van der Waals surface area contributed by atoms with Crippen LogP contribution in [0, 0.1) is 0 Å². The number of nitrogens with two attached hydrogens (primary N) is 1. The molecule has 0 fully saturated rings. The molecule has 1 rings (SSSR count). The summed E-state index contributed by atoms with van der Waals surface area (Å²) in [6.07, 6.45) is 0. The van der Waals surface area contributed by atoms with Gasteiger partial charge in [0.15, 0.2) is 17.2 Å². The van der Waals surface area contributed by atoms with Gasteiger partial charge in [0.1, 0.15) is 5.54 Å². The zero-order chi connectivity index (χ0) is 11.8. The Hall–Kier alpha value is -1.95. The van der Waals surface area contributed by atoms with E-state index in [0.29, 0.717) is 0 Å². The van der Waals surface area contributed by atoms with Crippen LogP contribution in [-0.4, -0.2) is 26.4 Å². The van der Waals surface area contributed by atoms with E-state index in [9.17, 15) is 4.79 Å². The second-order valence-electron chi connectivity index (χ2n) is 3.37. The van der Waals surface area contributed by atoms with E-state index in [1.807, 2.05) is 0 Å². The Balaban J connectivity index is 3.34. The van der Waals surface area contributed by atoms with Gasteiger partial charge in [-0.2, -0.15) is 0 Å². The van der Waals surface area contributed by atoms with E-state index in [1.54, 1.807) is 0 Å². The average Bonchev–Trinajstić information content (AvgIpc) is 2.13. The lowest BCUT2D eigenvalue weighted by atomic mass is 9.93. The van der Waals surface area contributed by atoms with Gasteiger partial charge in [0.2, 0.25) is 0 Å². The number of benzene rings is 1. The molecule has 0 aliphatic heterocycles. The molecule has 1 aromatic rings. The van der Waals surface area contributed by atoms with Crippen molar-refractivity contribution in [2.45, 2.75) is 12.5 Å². The van der Waals surface area contributed by atoms with Crippen molar-refractivity contribution < 1.29 is 25.2 Å². The number of rotatable bonds is 2. The minimum absolute atomic E-state index is 0.0113. The van der Waals surface area contributed by atoms with Gasteiger partial charge >= 0.3 is 5.97 Å². The number of hydrogen-bond acceptors (Lipinski definition) is 5. The number of aliphatic carboxylic acids is 1. The summed E-state index contributed by atoms with van der Waals surface area (Å²) < 4.78 is 0. The van der Waals surface area contributed by atoms with Gasteiger partial charge in [0.05, 0.1) is 0 Å². The van der Waals surface area contributed by atoms with Crippen LogP contribution in [0.3, 0.4) is 0 Å². The summed E-state index contributed by atoms with van der Waals surface area (Å²) in [6.45, 7) is 1.21. The maximum absolute atomic E-state index is 10.8. The first kappa shape index (κ1) is 11.1. The molecule has 0 saturated carbocycles. The maximum Gasteiger partial charge on any atom is 0.328 e. The summed E-state index contributed by atoms with van der Waals surface area (Å²) in [5, 5.41) is 36.2. The molecular weight excluding hydrogens is 202 g/mol. The van der Waals surface area contributed by atoms with Crippen LogP contribution in [0.1, 0.15) is 12.5 Å². The van der Waals surface area contributed by atoms with Crippen molar-refractivity contribution in [2.75, 3.05) is 0 Å². The number of carbonyl (C=O) groups is 1. The summed E-state index contributed by atoms with van der Waals surface area (Å²) in [6, 6.07) is 1.98. The second kappa shape index (κ2) is 3.32. The largest absolute Gasteiger partial charge is 0.504 e. The highest BCUT2D eigenvalue weighted by Crippen LogP contribution is 2.37. The first-order chi connectivity index (χ1) is 6.76. The lowest BCUT2D eigenvalue weighted by Crippen LogP contribution is -2.41. The van der Waals surface area contributed by atoms with Crippen LogP contribution in [0.25, 0.3) is 0 Å². The van der Waals surface area contributed by atoms with E-state index < -0.39 is 28.8 Å². The van der Waals surface area contributed by atoms with Gasteiger partial charge in [-0.1, -0.05) is 0 Å². The highest BCUT2D eigenvalue weighted by atomic mass is 16.4. The molecule has 0 spiro atoms. The number of phenols is 3. The van der Waals surface area contributed by atoms with E-state index in [0.717, 1.165) is 12.1 Å². The first-order valence-corrected chi connectivity index (χ1v) is 4.04. The molecule has 0 bridgehead atoms. The average molecular weight is 213 g/mol. The minimum atomic E-state index is -1.75. The fraction of sp³-hybridized carbons (Fsp3) is 0.222. The van der Waals surface area contributed by atoms with Gasteiger partial charge < -0.3 is 26.2 Å². The van der Waals surface area contributed by atoms with E-state index in [-0.39, 0.29) is 5.56 Å². The third-order valence-electron chi connectivity index (χ3n) is 2.11. The van der Waals surface area contributed by atoms with Crippen LogP contribution in [0.2, 0.25) is 0 Å². The standard InChI is InChI=1S/C9H11NO5/c1-9(10,8(14)15)4-2-5(11)7(13)6(12)3-4/h2-3,11-13H,10H2,1H3,(H,14,15). The molecule has 1 aromatic carbocycles. The van der Waals surface area contributed by atoms with E-state index >= 15 is 0 Å². The summed E-state index contributed by atoms with van der Waals surface area (Å²) in [5.74, 6) is -3.27. The second-order valence-corrected chi connectivity index (χ2v) is 3.37. The summed E-state index contributed by atoms with van der Waals surface area (Å²) in [5.41, 5.74) is 3.71. The molecule has 0 heterocycles. The Labute approximate surface area is 85.2 Å². The van der Waals surface area contributed by atoms with Crippen LogP contribution in [-0.2, 0) is 10.3 Å². The molecule has 6 nitrogen and oxygen atoms in total. The van der Waals surface area contributed by atoms with E-state index in [4.69, 9.17) is 26.2 Å². The van der Waals surface area contributed by atoms with Crippen molar-refractivity contribution in [1.29, 1.82) is 0 Å². The van der Waals surface area contributed by atoms with Gasteiger partial charge in [-0.05, 0) is 24.6 Å². The molecule has 0 aromatic heterocycles. The van der Waals surface area contributed by atoms with Crippen molar-refractivity contribution in [3.63, 3.8) is 0 Å². The molecule has 1 unspecified atom stereocenters. The summed E-state index contributed by atoms with van der Waals surface area (Å²) >= 11 is 0. The number of hydrogen-bond donors (Lipinski definition) is 5. The molecule has 6 N–H and O–H groups in total. The highest BCUT2D eigenvalue weighted by Gasteiger charge is 2.31. The Morgan fingerprint density at radius 1 is 1.27 bits per heavy atom. The van der Waals surface area contributed by atoms with Crippen LogP contribution in [0.4, 0.5) is 0 Å². The molecule has 0 radical (unpaired) electrons. The highest BCUT2D eigenvalue weighted by molar-refractivity contribution is 5.80. The van der Waals surface area contributed by atoms with Crippen molar-refractivity contribution in [1.82, 2.24) is 0 Å². The molecule has 0 aliphatic rings. The Morgan fingerprint density at radius 2 is 1.67 bits per heavy atom. The van der Waals surface area contributed by atoms with E-state index in [1.165, 1.54) is 6.92 Å². The van der Waals surface area contributed by atoms with Gasteiger partial charge in [-0.15, -0.1) is 0 Å². The van der Waals surface area contributed by atoms with Crippen molar-refractivity contribution in [2.24, 2.45) is 5.73 Å². The number of carboxylic acids is 1. The number of aromatic hydroxyl groups is 3. The molecule has 0 saturated heterocycles. The van der Waals surface area contributed by atoms with Gasteiger partial charge in [0, 0.05) is 0 Å². The number of carboxylic acid groups (broad SMARTS) is 1. The van der Waals surface area contributed by atoms with E-state index in [2.05, 4.69) is 0 Å².